The number of hydrogen-bond acceptors (Lipinski definition) is 5. The monoisotopic (exact) mass is 263 g/mol. The second kappa shape index (κ2) is 6.44. The molecule has 0 aromatic heterocycles. The average molecular weight is 263 g/mol. The fourth-order valence-electron chi connectivity index (χ4n) is 1.53. The molecule has 0 aliphatic carbocycles. The van der Waals surface area contributed by atoms with E-state index in [-0.39, 0.29) is 26.1 Å². The normalized spacial score (nSPS) is 19.1. The van der Waals surface area contributed by atoms with Crippen molar-refractivity contribution in [1.82, 2.24) is 4.90 Å². The van der Waals surface area contributed by atoms with Gasteiger partial charge in [-0.15, -0.1) is 0 Å². The Morgan fingerprint density at radius 1 is 1.33 bits per heavy atom. The molecule has 0 spiro atoms. The molecule has 0 unspecified atom stereocenters. The average Bonchev–Trinajstić information content (AvgIpc) is 2.66. The number of esters is 2. The summed E-state index contributed by atoms with van der Waals surface area (Å²) in [5.74, 6) is -4.01. The van der Waals surface area contributed by atoms with Gasteiger partial charge in [-0.25, -0.2) is 18.4 Å². The van der Waals surface area contributed by atoms with Crippen LogP contribution >= 0.6 is 0 Å². The first-order chi connectivity index (χ1) is 8.43. The SMILES string of the molecule is COC(=O)C=CC(=O)OCCN1CCC(F)(F)C1. The third-order valence-electron chi connectivity index (χ3n) is 2.46. The molecule has 1 aliphatic heterocycles. The van der Waals surface area contributed by atoms with Crippen molar-refractivity contribution in [3.63, 3.8) is 0 Å². The fraction of sp³-hybridized carbons (Fsp3) is 0.636. The zero-order chi connectivity index (χ0) is 13.6. The van der Waals surface area contributed by atoms with Gasteiger partial charge < -0.3 is 9.47 Å². The van der Waals surface area contributed by atoms with Crippen molar-refractivity contribution in [1.29, 1.82) is 0 Å². The molecule has 1 heterocycles. The highest BCUT2D eigenvalue weighted by Crippen LogP contribution is 2.26. The summed E-state index contributed by atoms with van der Waals surface area (Å²) in [6, 6.07) is 0. The third kappa shape index (κ3) is 5.22. The van der Waals surface area contributed by atoms with E-state index in [4.69, 9.17) is 4.74 Å². The summed E-state index contributed by atoms with van der Waals surface area (Å²) in [7, 11) is 1.19. The van der Waals surface area contributed by atoms with Crippen molar-refractivity contribution in [3.05, 3.63) is 12.2 Å². The van der Waals surface area contributed by atoms with E-state index in [0.717, 1.165) is 12.2 Å². The van der Waals surface area contributed by atoms with Crippen LogP contribution in [-0.4, -0.2) is 56.1 Å². The molecule has 0 saturated carbocycles. The lowest BCUT2D eigenvalue weighted by Crippen LogP contribution is -2.29. The highest BCUT2D eigenvalue weighted by molar-refractivity contribution is 5.91. The molecular formula is C11H15F2NO4. The van der Waals surface area contributed by atoms with Crippen LogP contribution in [0.25, 0.3) is 0 Å². The Hall–Kier alpha value is -1.50. The zero-order valence-electron chi connectivity index (χ0n) is 10.0. The molecule has 0 atom stereocenters. The summed E-state index contributed by atoms with van der Waals surface area (Å²) in [5, 5.41) is 0. The lowest BCUT2D eigenvalue weighted by molar-refractivity contribution is -0.139. The summed E-state index contributed by atoms with van der Waals surface area (Å²) in [6.07, 6.45) is 1.71. The molecular weight excluding hydrogens is 248 g/mol. The largest absolute Gasteiger partial charge is 0.466 e. The molecule has 1 fully saturated rings. The molecule has 1 rings (SSSR count). The van der Waals surface area contributed by atoms with Crippen molar-refractivity contribution in [2.24, 2.45) is 0 Å². The van der Waals surface area contributed by atoms with Gasteiger partial charge in [-0.05, 0) is 0 Å². The third-order valence-corrected chi connectivity index (χ3v) is 2.46. The van der Waals surface area contributed by atoms with Crippen molar-refractivity contribution in [2.45, 2.75) is 12.3 Å². The predicted molar refractivity (Wildman–Crippen MR) is 58.1 cm³/mol. The van der Waals surface area contributed by atoms with Crippen LogP contribution in [0, 0.1) is 0 Å². The minimum atomic E-state index is -2.64. The van der Waals surface area contributed by atoms with Gasteiger partial charge in [0, 0.05) is 31.7 Å². The Balaban J connectivity index is 2.17. The number of nitrogens with zero attached hydrogens (tertiary/aromatic N) is 1. The van der Waals surface area contributed by atoms with Crippen LogP contribution in [0.15, 0.2) is 12.2 Å². The van der Waals surface area contributed by atoms with Crippen LogP contribution in [0.1, 0.15) is 6.42 Å². The quantitative estimate of drug-likeness (QED) is 0.537. The summed E-state index contributed by atoms with van der Waals surface area (Å²) in [5.41, 5.74) is 0. The number of alkyl halides is 2. The predicted octanol–water partition coefficient (Wildman–Crippen LogP) is 0.600. The first-order valence-corrected chi connectivity index (χ1v) is 5.46. The van der Waals surface area contributed by atoms with Crippen molar-refractivity contribution < 1.29 is 27.8 Å². The van der Waals surface area contributed by atoms with E-state index < -0.39 is 17.9 Å². The molecule has 0 N–H and O–H groups in total. The molecule has 0 aromatic rings. The molecule has 5 nitrogen and oxygen atoms in total. The van der Waals surface area contributed by atoms with Gasteiger partial charge in [0.25, 0.3) is 5.92 Å². The van der Waals surface area contributed by atoms with Crippen molar-refractivity contribution in [3.8, 4) is 0 Å². The minimum Gasteiger partial charge on any atom is -0.466 e. The summed E-state index contributed by atoms with van der Waals surface area (Å²) in [6.45, 7) is 0.263. The Kier molecular flexibility index (Phi) is 5.21. The number of rotatable bonds is 5. The van der Waals surface area contributed by atoms with E-state index in [2.05, 4.69) is 4.74 Å². The molecule has 0 aromatic carbocycles. The first-order valence-electron chi connectivity index (χ1n) is 5.46. The maximum absolute atomic E-state index is 12.8. The molecule has 0 radical (unpaired) electrons. The molecule has 102 valence electrons. The number of methoxy groups -OCH3 is 1. The van der Waals surface area contributed by atoms with Crippen LogP contribution in [0.2, 0.25) is 0 Å². The van der Waals surface area contributed by atoms with Crippen molar-refractivity contribution >= 4 is 11.9 Å². The summed E-state index contributed by atoms with van der Waals surface area (Å²) in [4.78, 5) is 23.3. The van der Waals surface area contributed by atoms with Gasteiger partial charge in [0.2, 0.25) is 0 Å². The molecule has 18 heavy (non-hydrogen) atoms. The maximum atomic E-state index is 12.8. The Labute approximate surface area is 103 Å². The number of halogens is 2. The molecule has 0 bridgehead atoms. The van der Waals surface area contributed by atoms with Crippen LogP contribution in [0.3, 0.4) is 0 Å². The molecule has 0 amide bonds. The summed E-state index contributed by atoms with van der Waals surface area (Å²) >= 11 is 0. The minimum absolute atomic E-state index is 0.0143. The van der Waals surface area contributed by atoms with E-state index in [1.54, 1.807) is 0 Å². The molecule has 7 heteroatoms. The number of carbonyl (C=O) groups is 2. The van der Waals surface area contributed by atoms with Gasteiger partial charge in [0.1, 0.15) is 6.61 Å². The lowest BCUT2D eigenvalue weighted by Gasteiger charge is -2.14. The highest BCUT2D eigenvalue weighted by Gasteiger charge is 2.37. The maximum Gasteiger partial charge on any atom is 0.331 e. The number of ether oxygens (including phenoxy) is 2. The topological polar surface area (TPSA) is 55.8 Å². The standard InChI is InChI=1S/C11H15F2NO4/c1-17-9(15)2-3-10(16)18-7-6-14-5-4-11(12,13)8-14/h2-3H,4-8H2,1H3. The second-order valence-corrected chi connectivity index (χ2v) is 3.91. The first kappa shape index (κ1) is 14.6. The second-order valence-electron chi connectivity index (χ2n) is 3.91. The lowest BCUT2D eigenvalue weighted by atomic mass is 10.3. The molecule has 1 aliphatic rings. The van der Waals surface area contributed by atoms with Crippen LogP contribution in [0.4, 0.5) is 8.78 Å². The van der Waals surface area contributed by atoms with Gasteiger partial charge in [-0.3, -0.25) is 4.90 Å². The van der Waals surface area contributed by atoms with E-state index in [9.17, 15) is 18.4 Å². The van der Waals surface area contributed by atoms with Crippen LogP contribution < -0.4 is 0 Å². The number of likely N-dealkylation sites (tertiary alicyclic amines) is 1. The smallest absolute Gasteiger partial charge is 0.331 e. The Morgan fingerprint density at radius 2 is 2.00 bits per heavy atom. The molecule has 1 saturated heterocycles. The summed E-state index contributed by atoms with van der Waals surface area (Å²) < 4.78 is 34.7. The Bertz CT molecular complexity index is 344. The van der Waals surface area contributed by atoms with Gasteiger partial charge in [0.15, 0.2) is 0 Å². The van der Waals surface area contributed by atoms with Gasteiger partial charge >= 0.3 is 11.9 Å². The zero-order valence-corrected chi connectivity index (χ0v) is 10.0. The van der Waals surface area contributed by atoms with Gasteiger partial charge in [-0.1, -0.05) is 0 Å². The number of carbonyl (C=O) groups excluding carboxylic acids is 2. The van der Waals surface area contributed by atoms with Gasteiger partial charge in [-0.2, -0.15) is 0 Å². The van der Waals surface area contributed by atoms with Crippen molar-refractivity contribution in [2.75, 3.05) is 33.4 Å². The Morgan fingerprint density at radius 3 is 2.56 bits per heavy atom. The fourth-order valence-corrected chi connectivity index (χ4v) is 1.53. The van der Waals surface area contributed by atoms with Crippen LogP contribution in [0.5, 0.6) is 0 Å². The highest BCUT2D eigenvalue weighted by atomic mass is 19.3. The number of hydrogen-bond donors (Lipinski definition) is 0. The van der Waals surface area contributed by atoms with E-state index in [0.29, 0.717) is 6.54 Å². The van der Waals surface area contributed by atoms with E-state index in [1.807, 2.05) is 0 Å². The van der Waals surface area contributed by atoms with E-state index in [1.165, 1.54) is 12.0 Å². The van der Waals surface area contributed by atoms with E-state index >= 15 is 0 Å². The van der Waals surface area contributed by atoms with Gasteiger partial charge in [0.05, 0.1) is 13.7 Å². The van der Waals surface area contributed by atoms with Crippen LogP contribution in [-0.2, 0) is 19.1 Å².